The first-order valence-corrected chi connectivity index (χ1v) is 6.69. The van der Waals surface area contributed by atoms with Crippen LogP contribution in [0.1, 0.15) is 5.56 Å². The van der Waals surface area contributed by atoms with Crippen molar-refractivity contribution in [3.05, 3.63) is 52.1 Å². The topological polar surface area (TPSA) is 116 Å². The Morgan fingerprint density at radius 2 is 2.05 bits per heavy atom. The van der Waals surface area contributed by atoms with Gasteiger partial charge in [-0.3, -0.25) is 9.52 Å². The number of anilines is 1. The van der Waals surface area contributed by atoms with Crippen molar-refractivity contribution in [1.82, 2.24) is 10.2 Å². The molecule has 0 fully saturated rings. The summed E-state index contributed by atoms with van der Waals surface area (Å²) in [5, 5.41) is 14.2. The summed E-state index contributed by atoms with van der Waals surface area (Å²) in [5.74, 6) is -0.916. The minimum Gasteiger partial charge on any atom is -0.268 e. The van der Waals surface area contributed by atoms with E-state index in [0.717, 1.165) is 24.3 Å². The summed E-state index contributed by atoms with van der Waals surface area (Å²) in [7, 11) is -4.03. The zero-order valence-corrected chi connectivity index (χ0v) is 10.6. The normalized spacial score (nSPS) is 10.8. The number of nitrogens with zero attached hydrogens (tertiary/aromatic N) is 2. The van der Waals surface area contributed by atoms with E-state index in [4.69, 9.17) is 5.26 Å². The van der Waals surface area contributed by atoms with Crippen molar-refractivity contribution in [2.24, 2.45) is 0 Å². The first kappa shape index (κ1) is 13.7. The number of sulfonamides is 1. The molecule has 0 spiro atoms. The monoisotopic (exact) mass is 294 g/mol. The van der Waals surface area contributed by atoms with Gasteiger partial charge in [-0.2, -0.15) is 10.4 Å². The van der Waals surface area contributed by atoms with Crippen LogP contribution in [0.5, 0.6) is 0 Å². The molecule has 0 bridgehead atoms. The zero-order chi connectivity index (χ0) is 14.8. The van der Waals surface area contributed by atoms with Crippen LogP contribution in [-0.2, 0) is 10.0 Å². The summed E-state index contributed by atoms with van der Waals surface area (Å²) >= 11 is 0. The molecule has 1 aromatic carbocycles. The minimum atomic E-state index is -4.03. The second kappa shape index (κ2) is 5.10. The molecule has 7 nitrogen and oxygen atoms in total. The number of halogens is 1. The van der Waals surface area contributed by atoms with Gasteiger partial charge in [-0.15, -0.1) is 0 Å². The van der Waals surface area contributed by atoms with Gasteiger partial charge in [0.1, 0.15) is 11.9 Å². The Kier molecular flexibility index (Phi) is 3.49. The van der Waals surface area contributed by atoms with Gasteiger partial charge >= 0.3 is 0 Å². The van der Waals surface area contributed by atoms with Crippen LogP contribution in [0.3, 0.4) is 0 Å². The number of aromatic nitrogens is 2. The van der Waals surface area contributed by atoms with E-state index < -0.39 is 21.4 Å². The van der Waals surface area contributed by atoms with Gasteiger partial charge in [0.05, 0.1) is 10.5 Å². The Balaban J connectivity index is 2.38. The van der Waals surface area contributed by atoms with E-state index in [-0.39, 0.29) is 16.3 Å². The lowest BCUT2D eigenvalue weighted by atomic mass is 10.2. The Hall–Kier alpha value is -2.73. The predicted octanol–water partition coefficient (Wildman–Crippen LogP) is 0.581. The molecule has 2 aromatic rings. The Morgan fingerprint density at radius 1 is 1.30 bits per heavy atom. The van der Waals surface area contributed by atoms with Gasteiger partial charge in [-0.1, -0.05) is 0 Å². The van der Waals surface area contributed by atoms with Crippen molar-refractivity contribution >= 4 is 15.8 Å². The average molecular weight is 294 g/mol. The van der Waals surface area contributed by atoms with Crippen LogP contribution >= 0.6 is 0 Å². The van der Waals surface area contributed by atoms with Gasteiger partial charge in [0.15, 0.2) is 5.82 Å². The lowest BCUT2D eigenvalue weighted by molar-refractivity contribution is 0.599. The lowest BCUT2D eigenvalue weighted by Gasteiger charge is -2.07. The second-order valence-electron chi connectivity index (χ2n) is 3.67. The van der Waals surface area contributed by atoms with Crippen molar-refractivity contribution < 1.29 is 12.8 Å². The molecule has 0 unspecified atom stereocenters. The molecule has 102 valence electrons. The van der Waals surface area contributed by atoms with Crippen LogP contribution in [0.2, 0.25) is 0 Å². The number of aromatic amines is 1. The number of nitriles is 1. The number of hydrogen-bond acceptors (Lipinski definition) is 5. The van der Waals surface area contributed by atoms with Crippen LogP contribution in [0.15, 0.2) is 40.0 Å². The fraction of sp³-hybridized carbons (Fsp3) is 0. The van der Waals surface area contributed by atoms with Gasteiger partial charge in [0.2, 0.25) is 0 Å². The molecule has 2 N–H and O–H groups in total. The molecular weight excluding hydrogens is 287 g/mol. The van der Waals surface area contributed by atoms with Gasteiger partial charge in [0, 0.05) is 6.07 Å². The quantitative estimate of drug-likeness (QED) is 0.859. The molecule has 20 heavy (non-hydrogen) atoms. The fourth-order valence-electron chi connectivity index (χ4n) is 1.36. The van der Waals surface area contributed by atoms with Crippen molar-refractivity contribution in [3.8, 4) is 6.07 Å². The highest BCUT2D eigenvalue weighted by atomic mass is 32.2. The summed E-state index contributed by atoms with van der Waals surface area (Å²) in [5.41, 5.74) is -0.871. The summed E-state index contributed by atoms with van der Waals surface area (Å²) in [6.45, 7) is 0. The van der Waals surface area contributed by atoms with Gasteiger partial charge in [-0.05, 0) is 24.3 Å². The standard InChI is InChI=1S/C11H7FN4O3S/c12-9-2-1-8(5-7(9)6-13)20(18,19)16-10-3-4-11(17)15-14-10/h1-5H,(H,14,16)(H,15,17). The van der Waals surface area contributed by atoms with Crippen molar-refractivity contribution in [2.45, 2.75) is 4.90 Å². The molecule has 0 aliphatic rings. The first-order chi connectivity index (χ1) is 9.42. The molecule has 0 radical (unpaired) electrons. The number of nitrogens with one attached hydrogen (secondary N) is 2. The maximum atomic E-state index is 13.1. The second-order valence-corrected chi connectivity index (χ2v) is 5.35. The van der Waals surface area contributed by atoms with E-state index >= 15 is 0 Å². The highest BCUT2D eigenvalue weighted by molar-refractivity contribution is 7.92. The average Bonchev–Trinajstić information content (AvgIpc) is 2.41. The van der Waals surface area contributed by atoms with E-state index in [0.29, 0.717) is 0 Å². The summed E-state index contributed by atoms with van der Waals surface area (Å²) in [6.07, 6.45) is 0. The molecule has 1 heterocycles. The molecule has 2 rings (SSSR count). The number of H-pyrrole nitrogens is 1. The van der Waals surface area contributed by atoms with Crippen LogP contribution < -0.4 is 10.3 Å². The summed E-state index contributed by atoms with van der Waals surface area (Å²) in [6, 6.07) is 6.62. The third-order valence-electron chi connectivity index (χ3n) is 2.29. The number of hydrogen-bond donors (Lipinski definition) is 2. The fourth-order valence-corrected chi connectivity index (χ4v) is 2.38. The van der Waals surface area contributed by atoms with Crippen LogP contribution in [-0.4, -0.2) is 18.6 Å². The summed E-state index contributed by atoms with van der Waals surface area (Å²) in [4.78, 5) is 10.5. The van der Waals surface area contributed by atoms with E-state index in [2.05, 4.69) is 14.9 Å². The Bertz CT molecular complexity index is 834. The first-order valence-electron chi connectivity index (χ1n) is 5.20. The molecule has 0 aliphatic heterocycles. The molecule has 9 heteroatoms. The third kappa shape index (κ3) is 2.81. The van der Waals surface area contributed by atoms with E-state index in [1.165, 1.54) is 6.07 Å². The predicted molar refractivity (Wildman–Crippen MR) is 66.8 cm³/mol. The van der Waals surface area contributed by atoms with Crippen LogP contribution in [0.25, 0.3) is 0 Å². The highest BCUT2D eigenvalue weighted by Gasteiger charge is 2.17. The lowest BCUT2D eigenvalue weighted by Crippen LogP contribution is -2.16. The van der Waals surface area contributed by atoms with E-state index in [9.17, 15) is 17.6 Å². The molecule has 0 atom stereocenters. The minimum absolute atomic E-state index is 0.104. The summed E-state index contributed by atoms with van der Waals surface area (Å²) < 4.78 is 39.2. The Morgan fingerprint density at radius 3 is 2.65 bits per heavy atom. The van der Waals surface area contributed by atoms with Gasteiger partial charge < -0.3 is 0 Å². The van der Waals surface area contributed by atoms with Gasteiger partial charge in [0.25, 0.3) is 15.6 Å². The molecule has 0 amide bonds. The molecule has 0 aliphatic carbocycles. The number of rotatable bonds is 3. The van der Waals surface area contributed by atoms with Gasteiger partial charge in [-0.25, -0.2) is 17.9 Å². The zero-order valence-electron chi connectivity index (χ0n) is 9.79. The van der Waals surface area contributed by atoms with E-state index in [1.807, 2.05) is 0 Å². The number of benzene rings is 1. The van der Waals surface area contributed by atoms with Crippen molar-refractivity contribution in [3.63, 3.8) is 0 Å². The third-order valence-corrected chi connectivity index (χ3v) is 3.64. The Labute approximate surface area is 112 Å². The van der Waals surface area contributed by atoms with Crippen molar-refractivity contribution in [2.75, 3.05) is 4.72 Å². The SMILES string of the molecule is N#Cc1cc(S(=O)(=O)Nc2ccc(=O)[nH]n2)ccc1F. The smallest absolute Gasteiger partial charge is 0.264 e. The molecule has 1 aromatic heterocycles. The molecule has 0 saturated carbocycles. The van der Waals surface area contributed by atoms with E-state index in [1.54, 1.807) is 6.07 Å². The highest BCUT2D eigenvalue weighted by Crippen LogP contribution is 2.16. The van der Waals surface area contributed by atoms with Crippen LogP contribution in [0, 0.1) is 17.1 Å². The largest absolute Gasteiger partial charge is 0.268 e. The maximum Gasteiger partial charge on any atom is 0.264 e. The van der Waals surface area contributed by atoms with Crippen LogP contribution in [0.4, 0.5) is 10.2 Å². The molecule has 0 saturated heterocycles. The molecular formula is C11H7FN4O3S. The maximum absolute atomic E-state index is 13.1. The van der Waals surface area contributed by atoms with Crippen molar-refractivity contribution in [1.29, 1.82) is 5.26 Å².